The predicted octanol–water partition coefficient (Wildman–Crippen LogP) is 1.98. The molecule has 1 aromatic heterocycles. The fourth-order valence-electron chi connectivity index (χ4n) is 2.10. The van der Waals surface area contributed by atoms with Crippen LogP contribution in [0.2, 0.25) is 0 Å². The first-order valence-corrected chi connectivity index (χ1v) is 6.32. The number of benzene rings is 1. The standard InChI is InChI=1S/C14H20N4O/c1-10-7-12(5-6-13(10)19-4)8-15-11(2)14-17-16-9-18(14)3/h5-7,9,11,15H,8H2,1-4H3. The zero-order valence-corrected chi connectivity index (χ0v) is 11.8. The van der Waals surface area contributed by atoms with Gasteiger partial charge in [-0.1, -0.05) is 12.1 Å². The molecule has 1 aromatic carbocycles. The third-order valence-corrected chi connectivity index (χ3v) is 3.21. The largest absolute Gasteiger partial charge is 0.496 e. The van der Waals surface area contributed by atoms with Crippen LogP contribution in [0.1, 0.15) is 29.9 Å². The topological polar surface area (TPSA) is 52.0 Å². The molecule has 102 valence electrons. The average Bonchev–Trinajstić information content (AvgIpc) is 2.82. The Morgan fingerprint density at radius 2 is 2.21 bits per heavy atom. The Labute approximate surface area is 113 Å². The Bertz CT molecular complexity index is 550. The van der Waals surface area contributed by atoms with Crippen LogP contribution in [0.3, 0.4) is 0 Å². The molecule has 2 rings (SSSR count). The lowest BCUT2D eigenvalue weighted by Crippen LogP contribution is -2.21. The summed E-state index contributed by atoms with van der Waals surface area (Å²) < 4.78 is 7.19. The summed E-state index contributed by atoms with van der Waals surface area (Å²) in [6.45, 7) is 4.92. The summed E-state index contributed by atoms with van der Waals surface area (Å²) in [4.78, 5) is 0. The van der Waals surface area contributed by atoms with E-state index in [4.69, 9.17) is 4.74 Å². The fraction of sp³-hybridized carbons (Fsp3) is 0.429. The van der Waals surface area contributed by atoms with Crippen molar-refractivity contribution in [3.8, 4) is 5.75 Å². The molecule has 1 heterocycles. The molecular weight excluding hydrogens is 240 g/mol. The Morgan fingerprint density at radius 3 is 2.79 bits per heavy atom. The van der Waals surface area contributed by atoms with Gasteiger partial charge in [0, 0.05) is 13.6 Å². The van der Waals surface area contributed by atoms with Gasteiger partial charge >= 0.3 is 0 Å². The molecule has 1 unspecified atom stereocenters. The van der Waals surface area contributed by atoms with E-state index in [0.717, 1.165) is 23.7 Å². The zero-order chi connectivity index (χ0) is 13.8. The molecule has 0 saturated carbocycles. The molecular formula is C14H20N4O. The van der Waals surface area contributed by atoms with E-state index >= 15 is 0 Å². The first kappa shape index (κ1) is 13.5. The number of methoxy groups -OCH3 is 1. The third kappa shape index (κ3) is 3.12. The van der Waals surface area contributed by atoms with Gasteiger partial charge in [-0.15, -0.1) is 10.2 Å². The van der Waals surface area contributed by atoms with Crippen LogP contribution in [0.5, 0.6) is 5.75 Å². The molecule has 0 amide bonds. The quantitative estimate of drug-likeness (QED) is 0.893. The summed E-state index contributed by atoms with van der Waals surface area (Å²) >= 11 is 0. The maximum atomic E-state index is 5.26. The number of hydrogen-bond acceptors (Lipinski definition) is 4. The maximum Gasteiger partial charge on any atom is 0.149 e. The molecule has 5 nitrogen and oxygen atoms in total. The lowest BCUT2D eigenvalue weighted by atomic mass is 10.1. The highest BCUT2D eigenvalue weighted by atomic mass is 16.5. The Kier molecular flexibility index (Phi) is 4.16. The maximum absolute atomic E-state index is 5.26. The molecule has 0 aliphatic carbocycles. The van der Waals surface area contributed by atoms with Crippen LogP contribution in [0, 0.1) is 6.92 Å². The van der Waals surface area contributed by atoms with Gasteiger partial charge in [0.2, 0.25) is 0 Å². The van der Waals surface area contributed by atoms with E-state index in [2.05, 4.69) is 41.5 Å². The molecule has 5 heteroatoms. The van der Waals surface area contributed by atoms with Gasteiger partial charge in [-0.25, -0.2) is 0 Å². The number of rotatable bonds is 5. The van der Waals surface area contributed by atoms with Crippen molar-refractivity contribution in [3.05, 3.63) is 41.5 Å². The normalized spacial score (nSPS) is 12.4. The van der Waals surface area contributed by atoms with Gasteiger partial charge in [0.25, 0.3) is 0 Å². The number of aromatic nitrogens is 3. The van der Waals surface area contributed by atoms with Gasteiger partial charge in [0.05, 0.1) is 13.2 Å². The van der Waals surface area contributed by atoms with Crippen molar-refractivity contribution in [3.63, 3.8) is 0 Å². The van der Waals surface area contributed by atoms with Crippen molar-refractivity contribution in [1.29, 1.82) is 0 Å². The van der Waals surface area contributed by atoms with Crippen molar-refractivity contribution < 1.29 is 4.74 Å². The van der Waals surface area contributed by atoms with Crippen molar-refractivity contribution in [2.24, 2.45) is 7.05 Å². The number of ether oxygens (including phenoxy) is 1. The molecule has 1 atom stereocenters. The van der Waals surface area contributed by atoms with Gasteiger partial charge in [-0.2, -0.15) is 0 Å². The number of nitrogens with zero attached hydrogens (tertiary/aromatic N) is 3. The minimum atomic E-state index is 0.162. The van der Waals surface area contributed by atoms with E-state index in [1.54, 1.807) is 13.4 Å². The Balaban J connectivity index is 1.99. The lowest BCUT2D eigenvalue weighted by molar-refractivity contribution is 0.411. The van der Waals surface area contributed by atoms with Gasteiger partial charge in [-0.05, 0) is 31.0 Å². The molecule has 19 heavy (non-hydrogen) atoms. The van der Waals surface area contributed by atoms with E-state index in [9.17, 15) is 0 Å². The minimum absolute atomic E-state index is 0.162. The van der Waals surface area contributed by atoms with E-state index in [1.807, 2.05) is 17.7 Å². The molecule has 0 saturated heterocycles. The zero-order valence-electron chi connectivity index (χ0n) is 11.8. The second kappa shape index (κ2) is 5.84. The molecule has 0 aliphatic heterocycles. The van der Waals surface area contributed by atoms with Crippen molar-refractivity contribution in [2.75, 3.05) is 7.11 Å². The molecule has 1 N–H and O–H groups in total. The van der Waals surface area contributed by atoms with Crippen LogP contribution in [-0.2, 0) is 13.6 Å². The summed E-state index contributed by atoms with van der Waals surface area (Å²) in [5.74, 6) is 1.86. The summed E-state index contributed by atoms with van der Waals surface area (Å²) in [6.07, 6.45) is 1.71. The van der Waals surface area contributed by atoms with E-state index in [1.165, 1.54) is 5.56 Å². The van der Waals surface area contributed by atoms with Crippen LogP contribution in [0.25, 0.3) is 0 Å². The minimum Gasteiger partial charge on any atom is -0.496 e. The van der Waals surface area contributed by atoms with E-state index < -0.39 is 0 Å². The van der Waals surface area contributed by atoms with Crippen LogP contribution >= 0.6 is 0 Å². The average molecular weight is 260 g/mol. The van der Waals surface area contributed by atoms with Crippen molar-refractivity contribution in [1.82, 2.24) is 20.1 Å². The Hall–Kier alpha value is -1.88. The second-order valence-corrected chi connectivity index (χ2v) is 4.71. The number of nitrogens with one attached hydrogen (secondary N) is 1. The first-order valence-electron chi connectivity index (χ1n) is 6.32. The summed E-state index contributed by atoms with van der Waals surface area (Å²) in [7, 11) is 3.64. The molecule has 0 fully saturated rings. The molecule has 2 aromatic rings. The van der Waals surface area contributed by atoms with Gasteiger partial charge < -0.3 is 14.6 Å². The molecule has 0 bridgehead atoms. The highest BCUT2D eigenvalue weighted by Crippen LogP contribution is 2.19. The van der Waals surface area contributed by atoms with Crippen LogP contribution in [-0.4, -0.2) is 21.9 Å². The molecule has 0 aliphatic rings. The van der Waals surface area contributed by atoms with E-state index in [0.29, 0.717) is 0 Å². The van der Waals surface area contributed by atoms with Crippen molar-refractivity contribution >= 4 is 0 Å². The summed E-state index contributed by atoms with van der Waals surface area (Å²) in [5.41, 5.74) is 2.38. The first-order chi connectivity index (χ1) is 9.11. The lowest BCUT2D eigenvalue weighted by Gasteiger charge is -2.14. The smallest absolute Gasteiger partial charge is 0.149 e. The molecule has 0 radical (unpaired) electrons. The Morgan fingerprint density at radius 1 is 1.42 bits per heavy atom. The van der Waals surface area contributed by atoms with Crippen molar-refractivity contribution in [2.45, 2.75) is 26.4 Å². The summed E-state index contributed by atoms with van der Waals surface area (Å²) in [5, 5.41) is 11.4. The highest BCUT2D eigenvalue weighted by molar-refractivity contribution is 5.36. The third-order valence-electron chi connectivity index (χ3n) is 3.21. The van der Waals surface area contributed by atoms with E-state index in [-0.39, 0.29) is 6.04 Å². The van der Waals surface area contributed by atoms with Crippen LogP contribution < -0.4 is 10.1 Å². The van der Waals surface area contributed by atoms with Crippen LogP contribution in [0.15, 0.2) is 24.5 Å². The van der Waals surface area contributed by atoms with Gasteiger partial charge in [0.1, 0.15) is 17.9 Å². The highest BCUT2D eigenvalue weighted by Gasteiger charge is 2.10. The monoisotopic (exact) mass is 260 g/mol. The number of aryl methyl sites for hydroxylation is 2. The summed E-state index contributed by atoms with van der Waals surface area (Å²) in [6, 6.07) is 6.37. The predicted molar refractivity (Wildman–Crippen MR) is 74.0 cm³/mol. The van der Waals surface area contributed by atoms with Crippen LogP contribution in [0.4, 0.5) is 0 Å². The second-order valence-electron chi connectivity index (χ2n) is 4.71. The fourth-order valence-corrected chi connectivity index (χ4v) is 2.10. The number of hydrogen-bond donors (Lipinski definition) is 1. The molecule has 0 spiro atoms. The van der Waals surface area contributed by atoms with Gasteiger partial charge in [0.15, 0.2) is 0 Å². The van der Waals surface area contributed by atoms with Gasteiger partial charge in [-0.3, -0.25) is 0 Å². The SMILES string of the molecule is COc1ccc(CNC(C)c2nncn2C)cc1C.